The number of rotatable bonds is 5. The van der Waals surface area contributed by atoms with E-state index in [0.29, 0.717) is 17.1 Å². The third kappa shape index (κ3) is 4.78. The molecule has 1 aromatic heterocycles. The van der Waals surface area contributed by atoms with Crippen molar-refractivity contribution in [2.45, 2.75) is 20.8 Å². The van der Waals surface area contributed by atoms with Crippen molar-refractivity contribution in [2.75, 3.05) is 6.61 Å². The Labute approximate surface area is 167 Å². The highest BCUT2D eigenvalue weighted by molar-refractivity contribution is 5.96. The molecule has 1 heterocycles. The van der Waals surface area contributed by atoms with Gasteiger partial charge in [0, 0.05) is 0 Å². The summed E-state index contributed by atoms with van der Waals surface area (Å²) in [6.07, 6.45) is 1.38. The number of amides is 2. The predicted molar refractivity (Wildman–Crippen MR) is 105 cm³/mol. The maximum atomic E-state index is 13.1. The molecule has 0 unspecified atom stereocenters. The molecule has 8 heteroatoms. The number of nitrogens with zero attached hydrogens (tertiary/aromatic N) is 2. The van der Waals surface area contributed by atoms with Gasteiger partial charge in [-0.25, -0.2) is 9.07 Å². The molecule has 0 aliphatic heterocycles. The van der Waals surface area contributed by atoms with Crippen molar-refractivity contribution in [1.29, 1.82) is 0 Å². The maximum Gasteiger partial charge on any atom is 0.276 e. The van der Waals surface area contributed by atoms with Gasteiger partial charge in [0.2, 0.25) is 0 Å². The zero-order valence-electron chi connectivity index (χ0n) is 16.3. The number of carbonyl (C=O) groups excluding carboxylic acids is 2. The Bertz CT molecular complexity index is 1040. The minimum Gasteiger partial charge on any atom is -0.483 e. The number of benzene rings is 2. The summed E-state index contributed by atoms with van der Waals surface area (Å²) in [4.78, 5) is 24.3. The van der Waals surface area contributed by atoms with Gasteiger partial charge in [0.05, 0.1) is 23.1 Å². The van der Waals surface area contributed by atoms with Crippen molar-refractivity contribution in [3.8, 4) is 11.4 Å². The molecule has 150 valence electrons. The van der Waals surface area contributed by atoms with Crippen LogP contribution in [0.5, 0.6) is 5.75 Å². The summed E-state index contributed by atoms with van der Waals surface area (Å²) < 4.78 is 20.1. The van der Waals surface area contributed by atoms with Gasteiger partial charge in [-0.15, -0.1) is 0 Å². The molecule has 2 amide bonds. The molecule has 3 aromatic rings. The Morgan fingerprint density at radius 1 is 1.07 bits per heavy atom. The number of ether oxygens (including phenoxy) is 1. The number of halogens is 1. The number of nitrogens with one attached hydrogen (secondary N) is 2. The normalized spacial score (nSPS) is 10.5. The third-order valence-corrected chi connectivity index (χ3v) is 4.34. The molecule has 0 fully saturated rings. The lowest BCUT2D eigenvalue weighted by Gasteiger charge is -2.11. The van der Waals surface area contributed by atoms with Crippen LogP contribution in [0, 0.1) is 26.6 Å². The summed E-state index contributed by atoms with van der Waals surface area (Å²) in [5, 5.41) is 4.15. The Morgan fingerprint density at radius 2 is 1.79 bits per heavy atom. The number of hydrogen-bond acceptors (Lipinski definition) is 4. The Balaban J connectivity index is 1.57. The molecule has 0 radical (unpaired) electrons. The monoisotopic (exact) mass is 396 g/mol. The van der Waals surface area contributed by atoms with Crippen molar-refractivity contribution in [3.05, 3.63) is 76.9 Å². The first-order valence-electron chi connectivity index (χ1n) is 8.95. The third-order valence-electron chi connectivity index (χ3n) is 4.34. The molecule has 0 atom stereocenters. The van der Waals surface area contributed by atoms with Crippen LogP contribution in [0.4, 0.5) is 4.39 Å². The van der Waals surface area contributed by atoms with Crippen molar-refractivity contribution in [3.63, 3.8) is 0 Å². The molecule has 0 saturated carbocycles. The second-order valence-corrected chi connectivity index (χ2v) is 6.59. The molecule has 0 saturated heterocycles. The van der Waals surface area contributed by atoms with Crippen LogP contribution in [0.25, 0.3) is 5.69 Å². The summed E-state index contributed by atoms with van der Waals surface area (Å²) >= 11 is 0. The topological polar surface area (TPSA) is 85.2 Å². The predicted octanol–water partition coefficient (Wildman–Crippen LogP) is 2.78. The van der Waals surface area contributed by atoms with Gasteiger partial charge < -0.3 is 4.74 Å². The van der Waals surface area contributed by atoms with E-state index in [0.717, 1.165) is 11.1 Å². The first-order valence-corrected chi connectivity index (χ1v) is 8.95. The Morgan fingerprint density at radius 3 is 2.52 bits per heavy atom. The van der Waals surface area contributed by atoms with Crippen LogP contribution in [-0.4, -0.2) is 28.2 Å². The van der Waals surface area contributed by atoms with E-state index in [2.05, 4.69) is 16.0 Å². The minimum atomic E-state index is -0.518. The highest BCUT2D eigenvalue weighted by Gasteiger charge is 2.16. The first kappa shape index (κ1) is 20.1. The largest absolute Gasteiger partial charge is 0.483 e. The number of hydrogen-bond donors (Lipinski definition) is 2. The maximum absolute atomic E-state index is 13.1. The summed E-state index contributed by atoms with van der Waals surface area (Å²) in [6, 6.07) is 11.4. The summed E-state index contributed by atoms with van der Waals surface area (Å²) in [5.41, 5.74) is 8.05. The smallest absolute Gasteiger partial charge is 0.276 e. The molecule has 0 aliphatic rings. The lowest BCUT2D eigenvalue weighted by Crippen LogP contribution is -2.44. The average Bonchev–Trinajstić information content (AvgIpc) is 3.09. The van der Waals surface area contributed by atoms with Gasteiger partial charge in [-0.1, -0.05) is 12.1 Å². The average molecular weight is 396 g/mol. The van der Waals surface area contributed by atoms with Crippen LogP contribution < -0.4 is 15.6 Å². The van der Waals surface area contributed by atoms with Crippen LogP contribution in [0.15, 0.2) is 48.7 Å². The van der Waals surface area contributed by atoms with E-state index in [4.69, 9.17) is 4.74 Å². The van der Waals surface area contributed by atoms with E-state index < -0.39 is 11.8 Å². The molecule has 2 aromatic carbocycles. The fourth-order valence-corrected chi connectivity index (χ4v) is 2.71. The van der Waals surface area contributed by atoms with Gasteiger partial charge in [-0.2, -0.15) is 5.10 Å². The lowest BCUT2D eigenvalue weighted by molar-refractivity contribution is -0.123. The fraction of sp³-hybridized carbons (Fsp3) is 0.190. The molecule has 2 N–H and O–H groups in total. The number of aromatic nitrogens is 2. The van der Waals surface area contributed by atoms with E-state index in [1.807, 2.05) is 32.0 Å². The first-order chi connectivity index (χ1) is 13.8. The van der Waals surface area contributed by atoms with Crippen LogP contribution >= 0.6 is 0 Å². The van der Waals surface area contributed by atoms with Crippen LogP contribution in [0.2, 0.25) is 0 Å². The molecule has 29 heavy (non-hydrogen) atoms. The molecule has 7 nitrogen and oxygen atoms in total. The number of hydrazine groups is 1. The molecular formula is C21H21FN4O3. The van der Waals surface area contributed by atoms with Crippen molar-refractivity contribution in [1.82, 2.24) is 20.6 Å². The number of aryl methyl sites for hydroxylation is 2. The summed E-state index contributed by atoms with van der Waals surface area (Å²) in [5.74, 6) is -0.760. The molecule has 3 rings (SSSR count). The fourth-order valence-electron chi connectivity index (χ4n) is 2.71. The highest BCUT2D eigenvalue weighted by Crippen LogP contribution is 2.19. The van der Waals surface area contributed by atoms with Crippen molar-refractivity contribution in [2.24, 2.45) is 0 Å². The Hall–Kier alpha value is -3.68. The van der Waals surface area contributed by atoms with Crippen LogP contribution in [0.1, 0.15) is 27.2 Å². The molecule has 0 spiro atoms. The second-order valence-electron chi connectivity index (χ2n) is 6.59. The van der Waals surface area contributed by atoms with E-state index >= 15 is 0 Å². The van der Waals surface area contributed by atoms with Gasteiger partial charge in [0.15, 0.2) is 6.61 Å². The van der Waals surface area contributed by atoms with Gasteiger partial charge in [-0.3, -0.25) is 20.4 Å². The lowest BCUT2D eigenvalue weighted by atomic mass is 10.1. The van der Waals surface area contributed by atoms with Crippen LogP contribution in [-0.2, 0) is 4.79 Å². The van der Waals surface area contributed by atoms with E-state index in [1.54, 1.807) is 19.1 Å². The minimum absolute atomic E-state index is 0.238. The van der Waals surface area contributed by atoms with Gasteiger partial charge in [0.1, 0.15) is 11.6 Å². The SMILES string of the molecule is Cc1ccc(C)c(OCC(=O)NNC(=O)c2cnn(-c3ccc(F)cc3)c2C)c1. The molecule has 0 bridgehead atoms. The van der Waals surface area contributed by atoms with E-state index in [1.165, 1.54) is 23.0 Å². The quantitative estimate of drug-likeness (QED) is 0.650. The van der Waals surface area contributed by atoms with E-state index in [9.17, 15) is 14.0 Å². The summed E-state index contributed by atoms with van der Waals surface area (Å²) in [7, 11) is 0. The van der Waals surface area contributed by atoms with Gasteiger partial charge >= 0.3 is 0 Å². The zero-order chi connectivity index (χ0) is 21.0. The van der Waals surface area contributed by atoms with Gasteiger partial charge in [-0.05, 0) is 62.2 Å². The van der Waals surface area contributed by atoms with E-state index in [-0.39, 0.29) is 18.0 Å². The Kier molecular flexibility index (Phi) is 5.92. The van der Waals surface area contributed by atoms with Crippen molar-refractivity contribution < 1.29 is 18.7 Å². The number of carbonyl (C=O) groups is 2. The highest BCUT2D eigenvalue weighted by atomic mass is 19.1. The van der Waals surface area contributed by atoms with Crippen LogP contribution in [0.3, 0.4) is 0 Å². The molecule has 0 aliphatic carbocycles. The zero-order valence-corrected chi connectivity index (χ0v) is 16.3. The van der Waals surface area contributed by atoms with Crippen molar-refractivity contribution >= 4 is 11.8 Å². The second kappa shape index (κ2) is 8.55. The summed E-state index contributed by atoms with van der Waals surface area (Å²) in [6.45, 7) is 5.28. The standard InChI is InChI=1S/C21H21FN4O3/c1-13-4-5-14(2)19(10-13)29-12-20(27)24-25-21(28)18-11-23-26(15(18)3)17-8-6-16(22)7-9-17/h4-11H,12H2,1-3H3,(H,24,27)(H,25,28). The molecular weight excluding hydrogens is 375 g/mol. The van der Waals surface area contributed by atoms with Gasteiger partial charge in [0.25, 0.3) is 11.8 Å².